The number of sulfonamides is 1. The quantitative estimate of drug-likeness (QED) is 0.726. The summed E-state index contributed by atoms with van der Waals surface area (Å²) in [6, 6.07) is 5.79. The van der Waals surface area contributed by atoms with Crippen LogP contribution in [0.5, 0.6) is 0 Å². The van der Waals surface area contributed by atoms with Crippen LogP contribution >= 0.6 is 0 Å². The number of Topliss-reactive ketones (excluding diaryl/α,β-unsaturated/α-hetero) is 1. The summed E-state index contributed by atoms with van der Waals surface area (Å²) in [6.45, 7) is 4.18. The van der Waals surface area contributed by atoms with E-state index in [0.717, 1.165) is 12.8 Å². The van der Waals surface area contributed by atoms with Crippen LogP contribution in [0.1, 0.15) is 49.9 Å². The highest BCUT2D eigenvalue weighted by atomic mass is 32.2. The molecule has 2 aliphatic rings. The molecule has 1 saturated carbocycles. The third kappa shape index (κ3) is 4.56. The second kappa shape index (κ2) is 8.08. The van der Waals surface area contributed by atoms with Gasteiger partial charge in [-0.25, -0.2) is 13.2 Å². The van der Waals surface area contributed by atoms with Gasteiger partial charge in [0.15, 0.2) is 11.9 Å². The number of carbonyl (C=O) groups excluding carboxylic acids is 2. The number of ether oxygens (including phenoxy) is 2. The molecule has 27 heavy (non-hydrogen) atoms. The molecule has 1 aliphatic carbocycles. The summed E-state index contributed by atoms with van der Waals surface area (Å²) in [6.07, 6.45) is 1.46. The molecule has 3 rings (SSSR count). The molecule has 0 amide bonds. The minimum Gasteiger partial charge on any atom is -0.451 e. The first kappa shape index (κ1) is 20.0. The molecule has 7 nitrogen and oxygen atoms in total. The number of morpholine rings is 1. The summed E-state index contributed by atoms with van der Waals surface area (Å²) < 4.78 is 38.2. The fraction of sp³-hybridized carbons (Fsp3) is 0.579. The maximum Gasteiger partial charge on any atom is 0.338 e. The Bertz CT molecular complexity index is 811. The second-order valence-corrected chi connectivity index (χ2v) is 9.15. The standard InChI is InChI=1S/C19H25NO6S/c1-13-11-20(12-14(2)25-13)27(23,24)16-7-5-6-15(10-16)19(22)26-18-9-4-3-8-17(18)21/h5-7,10,13-14,18H,3-4,8-9,11-12H2,1-2H3. The predicted octanol–water partition coefficient (Wildman–Crippen LogP) is 2.15. The van der Waals surface area contributed by atoms with Gasteiger partial charge in [0.2, 0.25) is 10.0 Å². The van der Waals surface area contributed by atoms with Crippen LogP contribution in [0.4, 0.5) is 0 Å². The third-order valence-electron chi connectivity index (χ3n) is 4.84. The number of hydrogen-bond donors (Lipinski definition) is 0. The smallest absolute Gasteiger partial charge is 0.338 e. The molecule has 3 atom stereocenters. The molecule has 8 heteroatoms. The van der Waals surface area contributed by atoms with E-state index < -0.39 is 22.1 Å². The molecule has 0 spiro atoms. The van der Waals surface area contributed by atoms with Gasteiger partial charge in [-0.2, -0.15) is 4.31 Å². The van der Waals surface area contributed by atoms with Crippen LogP contribution in [-0.2, 0) is 24.3 Å². The van der Waals surface area contributed by atoms with E-state index in [4.69, 9.17) is 9.47 Å². The van der Waals surface area contributed by atoms with Crippen LogP contribution < -0.4 is 0 Å². The van der Waals surface area contributed by atoms with Crippen molar-refractivity contribution >= 4 is 21.8 Å². The highest BCUT2D eigenvalue weighted by Crippen LogP contribution is 2.23. The summed E-state index contributed by atoms with van der Waals surface area (Å²) in [4.78, 5) is 24.3. The second-order valence-electron chi connectivity index (χ2n) is 7.21. The lowest BCUT2D eigenvalue weighted by atomic mass is 9.96. The maximum absolute atomic E-state index is 13.0. The van der Waals surface area contributed by atoms with Crippen LogP contribution in [0, 0.1) is 0 Å². The zero-order valence-electron chi connectivity index (χ0n) is 15.6. The number of esters is 1. The van der Waals surface area contributed by atoms with Crippen molar-refractivity contribution in [3.05, 3.63) is 29.8 Å². The molecule has 0 bridgehead atoms. The Kier molecular flexibility index (Phi) is 5.98. The van der Waals surface area contributed by atoms with Crippen molar-refractivity contribution in [3.63, 3.8) is 0 Å². The van der Waals surface area contributed by atoms with E-state index in [1.54, 1.807) is 0 Å². The highest BCUT2D eigenvalue weighted by molar-refractivity contribution is 7.89. The first-order valence-electron chi connectivity index (χ1n) is 9.27. The molecule has 0 N–H and O–H groups in total. The lowest BCUT2D eigenvalue weighted by molar-refractivity contribution is -0.129. The predicted molar refractivity (Wildman–Crippen MR) is 97.9 cm³/mol. The van der Waals surface area contributed by atoms with Crippen LogP contribution in [-0.4, -0.2) is 55.9 Å². The van der Waals surface area contributed by atoms with E-state index in [1.807, 2.05) is 13.8 Å². The Morgan fingerprint density at radius 1 is 1.19 bits per heavy atom. The molecule has 1 aromatic carbocycles. The van der Waals surface area contributed by atoms with Gasteiger partial charge in [-0.15, -0.1) is 0 Å². The largest absolute Gasteiger partial charge is 0.451 e. The fourth-order valence-corrected chi connectivity index (χ4v) is 5.17. The Morgan fingerprint density at radius 3 is 2.56 bits per heavy atom. The van der Waals surface area contributed by atoms with Crippen molar-refractivity contribution < 1.29 is 27.5 Å². The number of carbonyl (C=O) groups is 2. The molecule has 0 aromatic heterocycles. The first-order valence-corrected chi connectivity index (χ1v) is 10.7. The van der Waals surface area contributed by atoms with Gasteiger partial charge in [0.25, 0.3) is 0 Å². The number of hydrogen-bond acceptors (Lipinski definition) is 6. The van der Waals surface area contributed by atoms with E-state index in [0.29, 0.717) is 12.8 Å². The van der Waals surface area contributed by atoms with Crippen molar-refractivity contribution in [1.29, 1.82) is 0 Å². The van der Waals surface area contributed by atoms with Gasteiger partial charge in [-0.3, -0.25) is 4.79 Å². The monoisotopic (exact) mass is 395 g/mol. The van der Waals surface area contributed by atoms with Crippen molar-refractivity contribution in [2.24, 2.45) is 0 Å². The summed E-state index contributed by atoms with van der Waals surface area (Å²) >= 11 is 0. The summed E-state index contributed by atoms with van der Waals surface area (Å²) in [7, 11) is -3.75. The van der Waals surface area contributed by atoms with Crippen molar-refractivity contribution in [1.82, 2.24) is 4.31 Å². The zero-order chi connectivity index (χ0) is 19.6. The highest BCUT2D eigenvalue weighted by Gasteiger charge is 2.33. The topological polar surface area (TPSA) is 90.0 Å². The Labute approximate surface area is 159 Å². The van der Waals surface area contributed by atoms with Gasteiger partial charge in [0, 0.05) is 19.5 Å². The van der Waals surface area contributed by atoms with E-state index in [1.165, 1.54) is 28.6 Å². The summed E-state index contributed by atoms with van der Waals surface area (Å²) in [5.41, 5.74) is 0.129. The molecular weight excluding hydrogens is 370 g/mol. The van der Waals surface area contributed by atoms with E-state index in [9.17, 15) is 18.0 Å². The molecule has 1 saturated heterocycles. The fourth-order valence-electron chi connectivity index (χ4n) is 3.53. The van der Waals surface area contributed by atoms with Crippen LogP contribution in [0.2, 0.25) is 0 Å². The Balaban J connectivity index is 1.78. The van der Waals surface area contributed by atoms with Crippen LogP contribution in [0.3, 0.4) is 0 Å². The van der Waals surface area contributed by atoms with E-state index >= 15 is 0 Å². The minimum atomic E-state index is -3.75. The number of rotatable bonds is 4. The summed E-state index contributed by atoms with van der Waals surface area (Å²) in [5, 5.41) is 0. The van der Waals surface area contributed by atoms with Gasteiger partial charge < -0.3 is 9.47 Å². The first-order chi connectivity index (χ1) is 12.8. The third-order valence-corrected chi connectivity index (χ3v) is 6.67. The van der Waals surface area contributed by atoms with Crippen LogP contribution in [0.15, 0.2) is 29.2 Å². The minimum absolute atomic E-state index is 0.0354. The molecule has 1 aromatic rings. The molecule has 0 radical (unpaired) electrons. The molecule has 1 heterocycles. The van der Waals surface area contributed by atoms with Gasteiger partial charge in [0.05, 0.1) is 22.7 Å². The number of nitrogens with zero attached hydrogens (tertiary/aromatic N) is 1. The number of ketones is 1. The van der Waals surface area contributed by atoms with Crippen molar-refractivity contribution in [2.75, 3.05) is 13.1 Å². The molecule has 148 valence electrons. The van der Waals surface area contributed by atoms with E-state index in [-0.39, 0.29) is 41.5 Å². The molecule has 1 aliphatic heterocycles. The molecule has 2 fully saturated rings. The lowest BCUT2D eigenvalue weighted by Crippen LogP contribution is -2.48. The van der Waals surface area contributed by atoms with E-state index in [2.05, 4.69) is 0 Å². The van der Waals surface area contributed by atoms with Crippen LogP contribution in [0.25, 0.3) is 0 Å². The summed E-state index contributed by atoms with van der Waals surface area (Å²) in [5.74, 6) is -0.745. The average molecular weight is 395 g/mol. The van der Waals surface area contributed by atoms with Crippen molar-refractivity contribution in [3.8, 4) is 0 Å². The average Bonchev–Trinajstić information content (AvgIpc) is 2.63. The van der Waals surface area contributed by atoms with Gasteiger partial charge >= 0.3 is 5.97 Å². The Morgan fingerprint density at radius 2 is 1.89 bits per heavy atom. The lowest BCUT2D eigenvalue weighted by Gasteiger charge is -2.34. The number of benzene rings is 1. The van der Waals surface area contributed by atoms with Gasteiger partial charge in [-0.1, -0.05) is 6.07 Å². The maximum atomic E-state index is 13.0. The van der Waals surface area contributed by atoms with Gasteiger partial charge in [0.1, 0.15) is 0 Å². The SMILES string of the molecule is CC1CN(S(=O)(=O)c2cccc(C(=O)OC3CCCCC3=O)c2)CC(C)O1. The molecular formula is C19H25NO6S. The Hall–Kier alpha value is -1.77. The van der Waals surface area contributed by atoms with Gasteiger partial charge in [-0.05, 0) is 51.3 Å². The van der Waals surface area contributed by atoms with Crippen molar-refractivity contribution in [2.45, 2.75) is 62.7 Å². The normalized spacial score (nSPS) is 27.3. The molecule has 3 unspecified atom stereocenters. The zero-order valence-corrected chi connectivity index (χ0v) is 16.4.